The van der Waals surface area contributed by atoms with Gasteiger partial charge in [0.15, 0.2) is 0 Å². The van der Waals surface area contributed by atoms with Crippen molar-refractivity contribution in [2.75, 3.05) is 18.9 Å². The Hall–Kier alpha value is -1.29. The number of unbranched alkanes of at least 4 members (excludes halogenated alkanes) is 12. The van der Waals surface area contributed by atoms with Crippen molar-refractivity contribution >= 4 is 23.7 Å². The van der Waals surface area contributed by atoms with Gasteiger partial charge in [-0.15, -0.1) is 0 Å². The lowest BCUT2D eigenvalue weighted by atomic mass is 10.0. The van der Waals surface area contributed by atoms with Crippen molar-refractivity contribution in [2.45, 2.75) is 132 Å². The zero-order valence-corrected chi connectivity index (χ0v) is 23.5. The number of aliphatic hydroxyl groups is 2. The Bertz CT molecular complexity index is 666. The summed E-state index contributed by atoms with van der Waals surface area (Å²) in [6, 6.07) is -0.0816. The monoisotopic (exact) mass is 540 g/mol. The largest absolute Gasteiger partial charge is 0.395 e. The summed E-state index contributed by atoms with van der Waals surface area (Å²) in [5.74, 6) is 1.16. The fraction of sp³-hybridized carbons (Fsp3) is 0.857. The highest BCUT2D eigenvalue weighted by Crippen LogP contribution is 2.33. The summed E-state index contributed by atoms with van der Waals surface area (Å²) in [6.45, 7) is 0.593. The van der Waals surface area contributed by atoms with E-state index in [2.05, 4.69) is 16.0 Å². The van der Waals surface area contributed by atoms with Crippen LogP contribution in [0.2, 0.25) is 0 Å². The molecule has 0 aliphatic carbocycles. The molecule has 8 nitrogen and oxygen atoms in total. The number of hydrogen-bond donors (Lipinski definition) is 6. The predicted octanol–water partition coefficient (Wildman–Crippen LogP) is 3.75. The molecule has 0 aromatic heterocycles. The molecule has 2 aliphatic rings. The van der Waals surface area contributed by atoms with Crippen LogP contribution in [0.15, 0.2) is 12.2 Å². The van der Waals surface area contributed by atoms with E-state index in [1.807, 2.05) is 17.8 Å². The lowest BCUT2D eigenvalue weighted by molar-refractivity contribution is -0.121. The number of carbonyl (C=O) groups is 2. The van der Waals surface area contributed by atoms with Gasteiger partial charge in [-0.05, 0) is 32.1 Å². The number of fused-ring (bicyclic) bond motifs is 1. The molecule has 0 aromatic rings. The third-order valence-corrected chi connectivity index (χ3v) is 8.94. The number of thioether (sulfide) groups is 1. The standard InChI is InChI=1S/C28H52N4O4S/c29-22(20-33)24(34)16-12-10-8-6-4-2-1-3-5-7-9-11-15-19-30-26(35)18-14-13-17-25-27-23(21-37-25)31-28(36)32-27/h12,16,22-25,27,33-34H,1-11,13-15,17-21,29H2,(H,30,35)(H2,31,32,36)/b16-12+/t22-,23-,24+,25?,27-/m0/s1. The number of nitrogens with two attached hydrogens (primary N) is 1. The third-order valence-electron chi connectivity index (χ3n) is 7.43. The maximum Gasteiger partial charge on any atom is 0.315 e. The summed E-state index contributed by atoms with van der Waals surface area (Å²) in [5, 5.41) is 28.1. The van der Waals surface area contributed by atoms with Gasteiger partial charge in [0.1, 0.15) is 0 Å². The molecule has 3 amide bonds. The SMILES string of the molecule is N[C@@H](CO)[C@H](O)/C=C/CCCCCCCCCCCCCNC(=O)CCCCC1SC[C@@H]2NC(=O)N[C@H]12. The van der Waals surface area contributed by atoms with E-state index in [9.17, 15) is 14.7 Å². The van der Waals surface area contributed by atoms with Crippen molar-refractivity contribution in [3.63, 3.8) is 0 Å². The Labute approximate surface area is 228 Å². The van der Waals surface area contributed by atoms with Gasteiger partial charge in [-0.25, -0.2) is 4.79 Å². The summed E-state index contributed by atoms with van der Waals surface area (Å²) in [7, 11) is 0. The van der Waals surface area contributed by atoms with E-state index in [0.717, 1.165) is 50.8 Å². The highest BCUT2D eigenvalue weighted by molar-refractivity contribution is 8.00. The number of nitrogens with one attached hydrogen (secondary N) is 3. The normalized spacial score (nSPS) is 22.6. The number of allylic oxidation sites excluding steroid dienone is 1. The van der Waals surface area contributed by atoms with Crippen molar-refractivity contribution in [3.8, 4) is 0 Å². The maximum atomic E-state index is 12.1. The van der Waals surface area contributed by atoms with Gasteiger partial charge < -0.3 is 31.9 Å². The molecule has 1 unspecified atom stereocenters. The highest BCUT2D eigenvalue weighted by Gasteiger charge is 2.42. The van der Waals surface area contributed by atoms with Crippen LogP contribution >= 0.6 is 11.8 Å². The zero-order valence-electron chi connectivity index (χ0n) is 22.7. The fourth-order valence-corrected chi connectivity index (χ4v) is 6.60. The lowest BCUT2D eigenvalue weighted by Crippen LogP contribution is -2.36. The van der Waals surface area contributed by atoms with Crippen molar-refractivity contribution in [1.29, 1.82) is 0 Å². The van der Waals surface area contributed by atoms with Crippen LogP contribution in [0.3, 0.4) is 0 Å². The first-order valence-corrected chi connectivity index (χ1v) is 15.7. The van der Waals surface area contributed by atoms with Crippen LogP contribution in [0.4, 0.5) is 4.79 Å². The van der Waals surface area contributed by atoms with Gasteiger partial charge in [0, 0.05) is 24.0 Å². The Morgan fingerprint density at radius 1 is 1.00 bits per heavy atom. The first kappa shape index (κ1) is 31.9. The van der Waals surface area contributed by atoms with Crippen LogP contribution in [0.25, 0.3) is 0 Å². The molecular weight excluding hydrogens is 488 g/mol. The predicted molar refractivity (Wildman–Crippen MR) is 153 cm³/mol. The van der Waals surface area contributed by atoms with Gasteiger partial charge in [0.2, 0.25) is 5.91 Å². The molecule has 5 atom stereocenters. The molecule has 0 aromatic carbocycles. The second-order valence-corrected chi connectivity index (χ2v) is 11.9. The van der Waals surface area contributed by atoms with Gasteiger partial charge in [0.25, 0.3) is 0 Å². The van der Waals surface area contributed by atoms with Gasteiger partial charge >= 0.3 is 6.03 Å². The van der Waals surface area contributed by atoms with E-state index in [1.165, 1.54) is 57.8 Å². The average molecular weight is 541 g/mol. The van der Waals surface area contributed by atoms with Gasteiger partial charge in [0.05, 0.1) is 30.8 Å². The minimum atomic E-state index is -0.753. The fourth-order valence-electron chi connectivity index (χ4n) is 5.05. The van der Waals surface area contributed by atoms with Crippen LogP contribution in [0, 0.1) is 0 Å². The Morgan fingerprint density at radius 3 is 2.32 bits per heavy atom. The lowest BCUT2D eigenvalue weighted by Gasteiger charge is -2.16. The quantitative estimate of drug-likeness (QED) is 0.0703. The molecule has 0 radical (unpaired) electrons. The molecule has 9 heteroatoms. The molecular formula is C28H52N4O4S. The Kier molecular flexibility index (Phi) is 17.0. The number of urea groups is 1. The average Bonchev–Trinajstić information content (AvgIpc) is 3.44. The number of hydrogen-bond acceptors (Lipinski definition) is 6. The molecule has 2 rings (SSSR count). The molecule has 0 bridgehead atoms. The van der Waals surface area contributed by atoms with Crippen molar-refractivity contribution < 1.29 is 19.8 Å². The van der Waals surface area contributed by atoms with Crippen LogP contribution < -0.4 is 21.7 Å². The Balaban J connectivity index is 1.27. The van der Waals surface area contributed by atoms with E-state index >= 15 is 0 Å². The van der Waals surface area contributed by atoms with Crippen LogP contribution in [-0.4, -0.2) is 70.5 Å². The number of amides is 3. The highest BCUT2D eigenvalue weighted by atomic mass is 32.2. The number of aliphatic hydroxyl groups excluding tert-OH is 2. The Morgan fingerprint density at radius 2 is 1.65 bits per heavy atom. The summed E-state index contributed by atoms with van der Waals surface area (Å²) in [5.41, 5.74) is 5.56. The summed E-state index contributed by atoms with van der Waals surface area (Å²) < 4.78 is 0. The molecule has 2 heterocycles. The first-order valence-electron chi connectivity index (χ1n) is 14.7. The van der Waals surface area contributed by atoms with Crippen molar-refractivity contribution in [1.82, 2.24) is 16.0 Å². The number of carbonyl (C=O) groups excluding carboxylic acids is 2. The topological polar surface area (TPSA) is 137 Å². The van der Waals surface area contributed by atoms with Gasteiger partial charge in [-0.2, -0.15) is 11.8 Å². The zero-order chi connectivity index (χ0) is 26.7. The number of rotatable bonds is 22. The smallest absolute Gasteiger partial charge is 0.315 e. The van der Waals surface area contributed by atoms with Crippen molar-refractivity contribution in [2.24, 2.45) is 5.73 Å². The summed E-state index contributed by atoms with van der Waals surface area (Å²) >= 11 is 1.93. The summed E-state index contributed by atoms with van der Waals surface area (Å²) in [6.07, 6.45) is 21.1. The van der Waals surface area contributed by atoms with Gasteiger partial charge in [-0.1, -0.05) is 76.4 Å². The first-order chi connectivity index (χ1) is 18.0. The van der Waals surface area contributed by atoms with Crippen LogP contribution in [0.1, 0.15) is 103 Å². The molecule has 7 N–H and O–H groups in total. The molecule has 2 aliphatic heterocycles. The second kappa shape index (κ2) is 19.7. The molecule has 214 valence electrons. The summed E-state index contributed by atoms with van der Waals surface area (Å²) in [4.78, 5) is 23.5. The van der Waals surface area contributed by atoms with E-state index in [4.69, 9.17) is 10.8 Å². The van der Waals surface area contributed by atoms with E-state index in [1.54, 1.807) is 6.08 Å². The maximum absolute atomic E-state index is 12.1. The molecule has 2 saturated heterocycles. The van der Waals surface area contributed by atoms with E-state index in [0.29, 0.717) is 11.7 Å². The second-order valence-electron chi connectivity index (χ2n) is 10.7. The van der Waals surface area contributed by atoms with Gasteiger partial charge in [-0.3, -0.25) is 4.79 Å². The van der Waals surface area contributed by atoms with Crippen molar-refractivity contribution in [3.05, 3.63) is 12.2 Å². The third kappa shape index (κ3) is 13.9. The van der Waals surface area contributed by atoms with E-state index in [-0.39, 0.29) is 30.6 Å². The molecule has 0 spiro atoms. The minimum absolute atomic E-state index is 0.0343. The molecule has 37 heavy (non-hydrogen) atoms. The minimum Gasteiger partial charge on any atom is -0.395 e. The van der Waals surface area contributed by atoms with Crippen LogP contribution in [0.5, 0.6) is 0 Å². The molecule has 2 fully saturated rings. The van der Waals surface area contributed by atoms with Crippen LogP contribution in [-0.2, 0) is 4.79 Å². The van der Waals surface area contributed by atoms with E-state index < -0.39 is 12.1 Å². The molecule has 0 saturated carbocycles.